The van der Waals surface area contributed by atoms with Gasteiger partial charge in [0.15, 0.2) is 5.82 Å². The Morgan fingerprint density at radius 3 is 2.88 bits per heavy atom. The van der Waals surface area contributed by atoms with Crippen molar-refractivity contribution in [1.82, 2.24) is 20.4 Å². The van der Waals surface area contributed by atoms with E-state index in [1.807, 2.05) is 18.3 Å². The number of aromatic nitrogens is 3. The van der Waals surface area contributed by atoms with Crippen molar-refractivity contribution < 1.29 is 14.1 Å². The summed E-state index contributed by atoms with van der Waals surface area (Å²) in [7, 11) is 0. The highest BCUT2D eigenvalue weighted by molar-refractivity contribution is 5.74. The van der Waals surface area contributed by atoms with E-state index in [2.05, 4.69) is 15.5 Å². The van der Waals surface area contributed by atoms with E-state index in [4.69, 9.17) is 14.2 Å². The Morgan fingerprint density at radius 2 is 2.15 bits per heavy atom. The van der Waals surface area contributed by atoms with Crippen LogP contribution in [0, 0.1) is 0 Å². The van der Waals surface area contributed by atoms with Gasteiger partial charge in [-0.05, 0) is 30.9 Å². The van der Waals surface area contributed by atoms with Gasteiger partial charge in [0.05, 0.1) is 12.0 Å². The number of ether oxygens (including phenoxy) is 1. The Hall–Kier alpha value is -2.28. The lowest BCUT2D eigenvalue weighted by atomic mass is 9.81. The van der Waals surface area contributed by atoms with Gasteiger partial charge < -0.3 is 14.6 Å². The van der Waals surface area contributed by atoms with Crippen LogP contribution in [0.2, 0.25) is 0 Å². The molecule has 4 rings (SSSR count). The van der Waals surface area contributed by atoms with Crippen LogP contribution >= 0.6 is 0 Å². The number of nitrogens with one attached hydrogen (secondary N) is 1. The van der Waals surface area contributed by atoms with Crippen molar-refractivity contribution in [3.8, 4) is 0 Å². The Bertz CT molecular complexity index is 755. The molecule has 0 bridgehead atoms. The number of nitrogens with zero attached hydrogens (tertiary/aromatic N) is 3. The van der Waals surface area contributed by atoms with E-state index >= 15 is 0 Å². The molecule has 0 aromatic carbocycles. The molecule has 2 aromatic rings. The standard InChI is InChI=1S/C19H24N4O3/c1-13(24)22-19(8-3-2-4-9-19)18-21-17(26-23-18)15-7-11-25-16(15)14-6-5-10-20-12-14/h5-6,10,12,15-16H,2-4,7-9,11H2,1H3,(H,22,24)/t15-,16+/m0/s1. The average molecular weight is 356 g/mol. The van der Waals surface area contributed by atoms with E-state index in [0.717, 1.165) is 37.7 Å². The van der Waals surface area contributed by atoms with Gasteiger partial charge >= 0.3 is 0 Å². The smallest absolute Gasteiger partial charge is 0.232 e. The maximum Gasteiger partial charge on any atom is 0.232 e. The second-order valence-electron chi connectivity index (χ2n) is 7.25. The Balaban J connectivity index is 1.61. The number of carbonyl (C=O) groups is 1. The average Bonchev–Trinajstić information content (AvgIpc) is 3.32. The second kappa shape index (κ2) is 7.15. The van der Waals surface area contributed by atoms with Gasteiger partial charge in [-0.1, -0.05) is 30.5 Å². The lowest BCUT2D eigenvalue weighted by molar-refractivity contribution is -0.121. The maximum absolute atomic E-state index is 11.8. The summed E-state index contributed by atoms with van der Waals surface area (Å²) in [6.45, 7) is 2.19. The first-order chi connectivity index (χ1) is 12.7. The normalized spacial score (nSPS) is 25.1. The molecule has 1 aliphatic carbocycles. The van der Waals surface area contributed by atoms with E-state index < -0.39 is 5.54 Å². The van der Waals surface area contributed by atoms with Gasteiger partial charge in [0.25, 0.3) is 0 Å². The van der Waals surface area contributed by atoms with Crippen molar-refractivity contribution in [2.75, 3.05) is 6.61 Å². The molecule has 2 fully saturated rings. The molecule has 2 aromatic heterocycles. The van der Waals surface area contributed by atoms with Crippen molar-refractivity contribution in [1.29, 1.82) is 0 Å². The van der Waals surface area contributed by atoms with Crippen LogP contribution in [0.4, 0.5) is 0 Å². The van der Waals surface area contributed by atoms with Crippen LogP contribution in [0.25, 0.3) is 0 Å². The first-order valence-electron chi connectivity index (χ1n) is 9.32. The van der Waals surface area contributed by atoms with Crippen LogP contribution in [0.1, 0.15) is 74.7 Å². The van der Waals surface area contributed by atoms with E-state index in [1.165, 1.54) is 6.42 Å². The predicted molar refractivity (Wildman–Crippen MR) is 93.2 cm³/mol. The van der Waals surface area contributed by atoms with Gasteiger partial charge in [0.1, 0.15) is 5.54 Å². The van der Waals surface area contributed by atoms with Gasteiger partial charge in [0.2, 0.25) is 11.8 Å². The molecule has 1 saturated heterocycles. The lowest BCUT2D eigenvalue weighted by Crippen LogP contribution is -2.47. The Kier molecular flexibility index (Phi) is 4.72. The van der Waals surface area contributed by atoms with Crippen LogP contribution in [0.5, 0.6) is 0 Å². The minimum Gasteiger partial charge on any atom is -0.373 e. The first kappa shape index (κ1) is 17.1. The van der Waals surface area contributed by atoms with Crippen LogP contribution < -0.4 is 5.32 Å². The fourth-order valence-electron chi connectivity index (χ4n) is 4.19. The molecule has 0 unspecified atom stereocenters. The zero-order chi connectivity index (χ0) is 18.0. The molecule has 2 atom stereocenters. The summed E-state index contributed by atoms with van der Waals surface area (Å²) < 4.78 is 11.6. The Labute approximate surface area is 152 Å². The number of amides is 1. The number of carbonyl (C=O) groups excluding carboxylic acids is 1. The molecule has 0 radical (unpaired) electrons. The van der Waals surface area contributed by atoms with E-state index in [9.17, 15) is 4.79 Å². The largest absolute Gasteiger partial charge is 0.373 e. The monoisotopic (exact) mass is 356 g/mol. The minimum absolute atomic E-state index is 0.0124. The van der Waals surface area contributed by atoms with Crippen LogP contribution in [0.15, 0.2) is 29.0 Å². The van der Waals surface area contributed by atoms with Crippen molar-refractivity contribution in [2.45, 2.75) is 63.0 Å². The molecule has 1 saturated carbocycles. The maximum atomic E-state index is 11.8. The molecule has 26 heavy (non-hydrogen) atoms. The van der Waals surface area contributed by atoms with E-state index in [-0.39, 0.29) is 17.9 Å². The molecule has 7 heteroatoms. The van der Waals surface area contributed by atoms with Gasteiger partial charge in [-0.25, -0.2) is 0 Å². The van der Waals surface area contributed by atoms with Gasteiger partial charge in [-0.2, -0.15) is 4.98 Å². The number of hydrogen-bond acceptors (Lipinski definition) is 6. The fraction of sp³-hybridized carbons (Fsp3) is 0.579. The molecule has 1 aliphatic heterocycles. The molecule has 7 nitrogen and oxygen atoms in total. The fourth-order valence-corrected chi connectivity index (χ4v) is 4.19. The zero-order valence-electron chi connectivity index (χ0n) is 15.0. The Morgan fingerprint density at radius 1 is 1.31 bits per heavy atom. The van der Waals surface area contributed by atoms with Crippen molar-refractivity contribution in [3.05, 3.63) is 41.8 Å². The number of pyridine rings is 1. The SMILES string of the molecule is CC(=O)NC1(c2noc([C@H]3CCO[C@@H]3c3cccnc3)n2)CCCCC1. The molecule has 1 amide bonds. The number of hydrogen-bond donors (Lipinski definition) is 1. The molecule has 3 heterocycles. The summed E-state index contributed by atoms with van der Waals surface area (Å²) in [5.41, 5.74) is 0.513. The van der Waals surface area contributed by atoms with E-state index in [1.54, 1.807) is 13.1 Å². The first-order valence-corrected chi connectivity index (χ1v) is 9.32. The third-order valence-electron chi connectivity index (χ3n) is 5.41. The highest BCUT2D eigenvalue weighted by Gasteiger charge is 2.41. The van der Waals surface area contributed by atoms with Crippen LogP contribution in [-0.4, -0.2) is 27.6 Å². The lowest BCUT2D eigenvalue weighted by Gasteiger charge is -2.34. The molecule has 138 valence electrons. The van der Waals surface area contributed by atoms with Gasteiger partial charge in [0, 0.05) is 25.9 Å². The topological polar surface area (TPSA) is 90.1 Å². The summed E-state index contributed by atoms with van der Waals surface area (Å²) >= 11 is 0. The minimum atomic E-state index is -0.505. The third kappa shape index (κ3) is 3.23. The summed E-state index contributed by atoms with van der Waals surface area (Å²) in [6.07, 6.45) is 9.24. The van der Waals surface area contributed by atoms with Crippen LogP contribution in [-0.2, 0) is 15.1 Å². The highest BCUT2D eigenvalue weighted by Crippen LogP contribution is 2.42. The predicted octanol–water partition coefficient (Wildman–Crippen LogP) is 3.01. The van der Waals surface area contributed by atoms with E-state index in [0.29, 0.717) is 18.3 Å². The van der Waals surface area contributed by atoms with Crippen molar-refractivity contribution in [2.24, 2.45) is 0 Å². The summed E-state index contributed by atoms with van der Waals surface area (Å²) in [5.74, 6) is 1.13. The second-order valence-corrected chi connectivity index (χ2v) is 7.25. The molecular formula is C19H24N4O3. The van der Waals surface area contributed by atoms with Crippen molar-refractivity contribution in [3.63, 3.8) is 0 Å². The third-order valence-corrected chi connectivity index (χ3v) is 5.41. The molecular weight excluding hydrogens is 332 g/mol. The molecule has 0 spiro atoms. The molecule has 1 N–H and O–H groups in total. The summed E-state index contributed by atoms with van der Waals surface area (Å²) in [6, 6.07) is 3.91. The summed E-state index contributed by atoms with van der Waals surface area (Å²) in [4.78, 5) is 20.7. The van der Waals surface area contributed by atoms with Crippen LogP contribution in [0.3, 0.4) is 0 Å². The molecule has 2 aliphatic rings. The number of rotatable bonds is 4. The quantitative estimate of drug-likeness (QED) is 0.906. The van der Waals surface area contributed by atoms with Gasteiger partial charge in [-0.3, -0.25) is 9.78 Å². The summed E-state index contributed by atoms with van der Waals surface area (Å²) in [5, 5.41) is 7.36. The van der Waals surface area contributed by atoms with Crippen molar-refractivity contribution >= 4 is 5.91 Å². The zero-order valence-corrected chi connectivity index (χ0v) is 15.0. The van der Waals surface area contributed by atoms with Gasteiger partial charge in [-0.15, -0.1) is 0 Å². The highest BCUT2D eigenvalue weighted by atomic mass is 16.5.